The lowest BCUT2D eigenvalue weighted by Crippen LogP contribution is -2.36. The molecule has 3 rings (SSSR count). The van der Waals surface area contributed by atoms with Crippen LogP contribution in [0.2, 0.25) is 0 Å². The Morgan fingerprint density at radius 1 is 0.944 bits per heavy atom. The summed E-state index contributed by atoms with van der Waals surface area (Å²) in [4.78, 5) is 0. The number of fused-ring (bicyclic) bond motifs is 1. The smallest absolute Gasteiger partial charge is 0.00673 e. The molecule has 0 bridgehead atoms. The SMILES string of the molecule is c1ccc2c(c1)CC2CNC1CCCCCCC1. The minimum Gasteiger partial charge on any atom is -0.313 e. The summed E-state index contributed by atoms with van der Waals surface area (Å²) in [6, 6.07) is 9.72. The molecule has 1 fully saturated rings. The molecule has 1 unspecified atom stereocenters. The van der Waals surface area contributed by atoms with Crippen LogP contribution < -0.4 is 5.32 Å². The molecule has 0 heterocycles. The molecule has 0 spiro atoms. The first-order valence-electron chi connectivity index (χ1n) is 7.74. The maximum Gasteiger partial charge on any atom is 0.00673 e. The van der Waals surface area contributed by atoms with Crippen molar-refractivity contribution < 1.29 is 0 Å². The minimum atomic E-state index is 0.784. The summed E-state index contributed by atoms with van der Waals surface area (Å²) in [5.41, 5.74) is 3.16. The van der Waals surface area contributed by atoms with Crippen molar-refractivity contribution in [1.29, 1.82) is 0 Å². The topological polar surface area (TPSA) is 12.0 Å². The van der Waals surface area contributed by atoms with E-state index in [-0.39, 0.29) is 0 Å². The molecule has 0 radical (unpaired) electrons. The van der Waals surface area contributed by atoms with Crippen LogP contribution in [0, 0.1) is 0 Å². The first-order chi connectivity index (χ1) is 8.93. The van der Waals surface area contributed by atoms with Gasteiger partial charge in [0, 0.05) is 18.5 Å². The Labute approximate surface area is 111 Å². The van der Waals surface area contributed by atoms with Crippen LogP contribution in [0.25, 0.3) is 0 Å². The molecule has 1 saturated carbocycles. The van der Waals surface area contributed by atoms with Crippen molar-refractivity contribution in [2.24, 2.45) is 0 Å². The van der Waals surface area contributed by atoms with Gasteiger partial charge in [0.1, 0.15) is 0 Å². The highest BCUT2D eigenvalue weighted by molar-refractivity contribution is 5.40. The summed E-state index contributed by atoms with van der Waals surface area (Å²) in [7, 11) is 0. The number of rotatable bonds is 3. The molecule has 0 aromatic heterocycles. The van der Waals surface area contributed by atoms with Crippen molar-refractivity contribution in [3.8, 4) is 0 Å². The van der Waals surface area contributed by atoms with E-state index in [1.165, 1.54) is 57.9 Å². The van der Waals surface area contributed by atoms with Gasteiger partial charge in [-0.2, -0.15) is 0 Å². The van der Waals surface area contributed by atoms with E-state index in [0.717, 1.165) is 12.0 Å². The predicted octanol–water partition coefficient (Wildman–Crippen LogP) is 4.03. The van der Waals surface area contributed by atoms with Gasteiger partial charge in [0.05, 0.1) is 0 Å². The summed E-state index contributed by atoms with van der Waals surface area (Å²) in [6.45, 7) is 1.20. The molecule has 2 aliphatic rings. The summed E-state index contributed by atoms with van der Waals surface area (Å²) in [5, 5.41) is 3.83. The van der Waals surface area contributed by atoms with E-state index < -0.39 is 0 Å². The third-order valence-corrected chi connectivity index (χ3v) is 4.72. The van der Waals surface area contributed by atoms with E-state index in [4.69, 9.17) is 0 Å². The monoisotopic (exact) mass is 243 g/mol. The molecule has 1 aromatic carbocycles. The Bertz CT molecular complexity index is 377. The van der Waals surface area contributed by atoms with Gasteiger partial charge in [0.2, 0.25) is 0 Å². The van der Waals surface area contributed by atoms with E-state index in [2.05, 4.69) is 29.6 Å². The lowest BCUT2D eigenvalue weighted by molar-refractivity contribution is 0.374. The zero-order valence-electron chi connectivity index (χ0n) is 11.3. The Kier molecular flexibility index (Phi) is 3.99. The second kappa shape index (κ2) is 5.88. The van der Waals surface area contributed by atoms with E-state index in [9.17, 15) is 0 Å². The Hall–Kier alpha value is -0.820. The molecule has 2 aliphatic carbocycles. The van der Waals surface area contributed by atoms with Crippen LogP contribution in [0.5, 0.6) is 0 Å². The number of hydrogen-bond donors (Lipinski definition) is 1. The fourth-order valence-corrected chi connectivity index (χ4v) is 3.51. The van der Waals surface area contributed by atoms with E-state index in [1.54, 1.807) is 11.1 Å². The van der Waals surface area contributed by atoms with Gasteiger partial charge in [-0.15, -0.1) is 0 Å². The van der Waals surface area contributed by atoms with Crippen LogP contribution in [0.1, 0.15) is 62.0 Å². The lowest BCUT2D eigenvalue weighted by atomic mass is 9.77. The van der Waals surface area contributed by atoms with Crippen molar-refractivity contribution in [3.63, 3.8) is 0 Å². The first-order valence-corrected chi connectivity index (χ1v) is 7.74. The van der Waals surface area contributed by atoms with Gasteiger partial charge in [-0.3, -0.25) is 0 Å². The molecule has 18 heavy (non-hydrogen) atoms. The predicted molar refractivity (Wildman–Crippen MR) is 77.0 cm³/mol. The molecule has 1 heteroatoms. The fraction of sp³-hybridized carbons (Fsp3) is 0.647. The van der Waals surface area contributed by atoms with Crippen molar-refractivity contribution >= 4 is 0 Å². The van der Waals surface area contributed by atoms with Gasteiger partial charge in [-0.25, -0.2) is 0 Å². The lowest BCUT2D eigenvalue weighted by Gasteiger charge is -2.32. The summed E-state index contributed by atoms with van der Waals surface area (Å²) >= 11 is 0. The normalized spacial score (nSPS) is 24.8. The fourth-order valence-electron chi connectivity index (χ4n) is 3.51. The second-order valence-corrected chi connectivity index (χ2v) is 6.05. The maximum atomic E-state index is 3.83. The average molecular weight is 243 g/mol. The molecule has 98 valence electrons. The molecule has 0 aliphatic heterocycles. The van der Waals surface area contributed by atoms with Gasteiger partial charge in [0.25, 0.3) is 0 Å². The van der Waals surface area contributed by atoms with Crippen LogP contribution >= 0.6 is 0 Å². The highest BCUT2D eigenvalue weighted by Gasteiger charge is 2.25. The highest BCUT2D eigenvalue weighted by atomic mass is 14.9. The molecule has 1 aromatic rings. The molecule has 1 N–H and O–H groups in total. The van der Waals surface area contributed by atoms with Crippen LogP contribution in [0.4, 0.5) is 0 Å². The third-order valence-electron chi connectivity index (χ3n) is 4.72. The molecular formula is C17H25N. The van der Waals surface area contributed by atoms with Gasteiger partial charge in [-0.1, -0.05) is 56.4 Å². The van der Waals surface area contributed by atoms with E-state index >= 15 is 0 Å². The molecule has 0 saturated heterocycles. The molecule has 1 atom stereocenters. The Morgan fingerprint density at radius 2 is 1.67 bits per heavy atom. The molecular weight excluding hydrogens is 218 g/mol. The van der Waals surface area contributed by atoms with Gasteiger partial charge < -0.3 is 5.32 Å². The molecule has 0 amide bonds. The van der Waals surface area contributed by atoms with Gasteiger partial charge in [-0.05, 0) is 30.4 Å². The van der Waals surface area contributed by atoms with Crippen LogP contribution in [-0.4, -0.2) is 12.6 Å². The van der Waals surface area contributed by atoms with E-state index in [1.807, 2.05) is 0 Å². The number of hydrogen-bond acceptors (Lipinski definition) is 1. The van der Waals surface area contributed by atoms with Crippen molar-refractivity contribution in [2.75, 3.05) is 6.54 Å². The summed E-state index contributed by atoms with van der Waals surface area (Å²) in [5.74, 6) is 0.784. The standard InChI is InChI=1S/C17H25N/c1-2-4-9-16(10-5-3-1)18-13-15-12-14-8-6-7-11-17(14)15/h6-8,11,15-16,18H,1-5,9-10,12-13H2. The van der Waals surface area contributed by atoms with Crippen molar-refractivity contribution in [2.45, 2.75) is 63.3 Å². The zero-order valence-corrected chi connectivity index (χ0v) is 11.3. The van der Waals surface area contributed by atoms with Crippen molar-refractivity contribution in [3.05, 3.63) is 35.4 Å². The second-order valence-electron chi connectivity index (χ2n) is 6.05. The quantitative estimate of drug-likeness (QED) is 0.845. The van der Waals surface area contributed by atoms with Crippen molar-refractivity contribution in [1.82, 2.24) is 5.32 Å². The largest absolute Gasteiger partial charge is 0.313 e. The Balaban J connectivity index is 1.47. The average Bonchev–Trinajstić information content (AvgIpc) is 2.32. The van der Waals surface area contributed by atoms with Crippen LogP contribution in [-0.2, 0) is 6.42 Å². The number of nitrogens with one attached hydrogen (secondary N) is 1. The van der Waals surface area contributed by atoms with Crippen LogP contribution in [0.15, 0.2) is 24.3 Å². The minimum absolute atomic E-state index is 0.784. The molecule has 1 nitrogen and oxygen atoms in total. The van der Waals surface area contributed by atoms with Crippen LogP contribution in [0.3, 0.4) is 0 Å². The van der Waals surface area contributed by atoms with Gasteiger partial charge >= 0.3 is 0 Å². The van der Waals surface area contributed by atoms with E-state index in [0.29, 0.717) is 0 Å². The number of benzene rings is 1. The summed E-state index contributed by atoms with van der Waals surface area (Å²) in [6.07, 6.45) is 11.3. The highest BCUT2D eigenvalue weighted by Crippen LogP contribution is 2.34. The summed E-state index contributed by atoms with van der Waals surface area (Å²) < 4.78 is 0. The Morgan fingerprint density at radius 3 is 2.44 bits per heavy atom. The zero-order chi connectivity index (χ0) is 12.2. The first kappa shape index (κ1) is 12.2. The third kappa shape index (κ3) is 2.77. The maximum absolute atomic E-state index is 3.83. The van der Waals surface area contributed by atoms with Gasteiger partial charge in [0.15, 0.2) is 0 Å².